The Labute approximate surface area is 94.6 Å². The topological polar surface area (TPSA) is 86.7 Å². The van der Waals surface area contributed by atoms with Crippen LogP contribution in [-0.2, 0) is 14.4 Å². The number of likely N-dealkylation sites (N-methyl/N-ethyl adjacent to an activating group) is 1. The van der Waals surface area contributed by atoms with Crippen molar-refractivity contribution in [3.05, 3.63) is 0 Å². The highest BCUT2D eigenvalue weighted by Gasteiger charge is 2.19. The normalized spacial score (nSPS) is 11.7. The molecular weight excluding hydrogens is 212 g/mol. The largest absolute Gasteiger partial charge is 0.480 e. The molecule has 0 aromatic rings. The van der Waals surface area contributed by atoms with Crippen LogP contribution >= 0.6 is 0 Å². The summed E-state index contributed by atoms with van der Waals surface area (Å²) in [5, 5.41) is 11.2. The quantitative estimate of drug-likeness (QED) is 0.663. The van der Waals surface area contributed by atoms with E-state index in [-0.39, 0.29) is 12.5 Å². The zero-order valence-electron chi connectivity index (χ0n) is 9.82. The Morgan fingerprint density at radius 2 is 1.94 bits per heavy atom. The Hall–Kier alpha value is -1.59. The maximum Gasteiger partial charge on any atom is 0.326 e. The molecule has 0 aliphatic carbocycles. The highest BCUT2D eigenvalue weighted by atomic mass is 16.4. The number of nitrogens with zero attached hydrogens (tertiary/aromatic N) is 1. The van der Waals surface area contributed by atoms with Crippen molar-refractivity contribution in [1.29, 1.82) is 0 Å². The minimum atomic E-state index is -1.05. The smallest absolute Gasteiger partial charge is 0.326 e. The Morgan fingerprint density at radius 3 is 2.31 bits per heavy atom. The lowest BCUT2D eigenvalue weighted by atomic mass is 10.1. The van der Waals surface area contributed by atoms with Gasteiger partial charge in [-0.1, -0.05) is 13.3 Å². The molecule has 0 bridgehead atoms. The maximum absolute atomic E-state index is 11.4. The lowest BCUT2D eigenvalue weighted by molar-refractivity contribution is -0.142. The molecule has 0 radical (unpaired) electrons. The number of carboxylic acid groups (broad SMARTS) is 1. The highest BCUT2D eigenvalue weighted by molar-refractivity contribution is 5.87. The minimum absolute atomic E-state index is 0.122. The summed E-state index contributed by atoms with van der Waals surface area (Å²) in [4.78, 5) is 34.2. The van der Waals surface area contributed by atoms with E-state index in [4.69, 9.17) is 5.11 Å². The number of hydrogen-bond acceptors (Lipinski definition) is 3. The SMILES string of the molecule is CCCC(NC(=O)CN(C)C(C)=O)C(=O)O. The van der Waals surface area contributed by atoms with E-state index in [0.717, 1.165) is 0 Å². The van der Waals surface area contributed by atoms with Crippen molar-refractivity contribution in [2.45, 2.75) is 32.7 Å². The molecular formula is C10H18N2O4. The molecule has 0 aromatic carbocycles. The van der Waals surface area contributed by atoms with Crippen molar-refractivity contribution >= 4 is 17.8 Å². The zero-order chi connectivity index (χ0) is 12.7. The zero-order valence-corrected chi connectivity index (χ0v) is 9.82. The molecule has 1 atom stereocenters. The van der Waals surface area contributed by atoms with E-state index in [1.165, 1.54) is 18.9 Å². The Morgan fingerprint density at radius 1 is 1.38 bits per heavy atom. The summed E-state index contributed by atoms with van der Waals surface area (Å²) in [6.07, 6.45) is 1.05. The van der Waals surface area contributed by atoms with Crippen molar-refractivity contribution in [2.75, 3.05) is 13.6 Å². The van der Waals surface area contributed by atoms with Gasteiger partial charge in [-0.25, -0.2) is 4.79 Å². The van der Waals surface area contributed by atoms with E-state index in [1.807, 2.05) is 6.92 Å². The fourth-order valence-corrected chi connectivity index (χ4v) is 1.11. The van der Waals surface area contributed by atoms with Gasteiger partial charge in [0.15, 0.2) is 0 Å². The van der Waals surface area contributed by atoms with Gasteiger partial charge in [-0.05, 0) is 6.42 Å². The first kappa shape index (κ1) is 14.4. The first-order chi connectivity index (χ1) is 7.38. The third kappa shape index (κ3) is 5.33. The van der Waals surface area contributed by atoms with Gasteiger partial charge in [0.05, 0.1) is 6.54 Å². The van der Waals surface area contributed by atoms with Crippen LogP contribution in [0.5, 0.6) is 0 Å². The Balaban J connectivity index is 4.19. The third-order valence-corrected chi connectivity index (χ3v) is 2.13. The third-order valence-electron chi connectivity index (χ3n) is 2.13. The molecule has 0 aliphatic heterocycles. The number of carbonyl (C=O) groups excluding carboxylic acids is 2. The molecule has 6 heteroatoms. The number of amides is 2. The summed E-state index contributed by atoms with van der Waals surface area (Å²) in [6, 6.07) is -0.877. The number of hydrogen-bond donors (Lipinski definition) is 2. The number of rotatable bonds is 6. The molecule has 0 heterocycles. The van der Waals surface area contributed by atoms with Crippen LogP contribution in [0.15, 0.2) is 0 Å². The molecule has 1 unspecified atom stereocenters. The molecule has 6 nitrogen and oxygen atoms in total. The van der Waals surface area contributed by atoms with Crippen LogP contribution in [0.3, 0.4) is 0 Å². The van der Waals surface area contributed by atoms with E-state index in [2.05, 4.69) is 5.32 Å². The molecule has 92 valence electrons. The molecule has 2 amide bonds. The molecule has 0 aliphatic rings. The Bertz CT molecular complexity index is 278. The summed E-state index contributed by atoms with van der Waals surface area (Å²) in [5.74, 6) is -1.75. The summed E-state index contributed by atoms with van der Waals surface area (Å²) in [5.41, 5.74) is 0. The molecule has 2 N–H and O–H groups in total. The second-order valence-corrected chi connectivity index (χ2v) is 3.62. The van der Waals surface area contributed by atoms with Crippen LogP contribution in [0.4, 0.5) is 0 Å². The number of aliphatic carboxylic acids is 1. The van der Waals surface area contributed by atoms with E-state index in [9.17, 15) is 14.4 Å². The first-order valence-electron chi connectivity index (χ1n) is 5.12. The van der Waals surface area contributed by atoms with E-state index >= 15 is 0 Å². The van der Waals surface area contributed by atoms with Crippen LogP contribution in [0.25, 0.3) is 0 Å². The number of carboxylic acids is 1. The van der Waals surface area contributed by atoms with Crippen molar-refractivity contribution in [1.82, 2.24) is 10.2 Å². The highest BCUT2D eigenvalue weighted by Crippen LogP contribution is 1.97. The predicted molar refractivity (Wildman–Crippen MR) is 57.8 cm³/mol. The van der Waals surface area contributed by atoms with Gasteiger partial charge in [0.2, 0.25) is 11.8 Å². The van der Waals surface area contributed by atoms with Crippen LogP contribution in [-0.4, -0.2) is 47.4 Å². The van der Waals surface area contributed by atoms with Crippen LogP contribution < -0.4 is 5.32 Å². The summed E-state index contributed by atoms with van der Waals surface area (Å²) >= 11 is 0. The van der Waals surface area contributed by atoms with Crippen LogP contribution in [0.1, 0.15) is 26.7 Å². The van der Waals surface area contributed by atoms with Crippen LogP contribution in [0, 0.1) is 0 Å². The molecule has 0 saturated carbocycles. The van der Waals surface area contributed by atoms with Gasteiger partial charge < -0.3 is 15.3 Å². The van der Waals surface area contributed by atoms with Crippen molar-refractivity contribution in [3.63, 3.8) is 0 Å². The summed E-state index contributed by atoms with van der Waals surface area (Å²) < 4.78 is 0. The van der Waals surface area contributed by atoms with E-state index < -0.39 is 17.9 Å². The fraction of sp³-hybridized carbons (Fsp3) is 0.700. The molecule has 16 heavy (non-hydrogen) atoms. The first-order valence-corrected chi connectivity index (χ1v) is 5.12. The monoisotopic (exact) mass is 230 g/mol. The summed E-state index contributed by atoms with van der Waals surface area (Å²) in [7, 11) is 1.48. The van der Waals surface area contributed by atoms with Gasteiger partial charge in [-0.2, -0.15) is 0 Å². The Kier molecular flexibility index (Phi) is 6.14. The van der Waals surface area contributed by atoms with E-state index in [0.29, 0.717) is 12.8 Å². The fourth-order valence-electron chi connectivity index (χ4n) is 1.11. The van der Waals surface area contributed by atoms with Crippen molar-refractivity contribution in [3.8, 4) is 0 Å². The van der Waals surface area contributed by atoms with Crippen LogP contribution in [0.2, 0.25) is 0 Å². The molecule has 0 aromatic heterocycles. The second kappa shape index (κ2) is 6.81. The molecule has 0 rings (SSSR count). The van der Waals surface area contributed by atoms with Crippen molar-refractivity contribution in [2.24, 2.45) is 0 Å². The van der Waals surface area contributed by atoms with Gasteiger partial charge in [-0.15, -0.1) is 0 Å². The molecule has 0 saturated heterocycles. The maximum atomic E-state index is 11.4. The van der Waals surface area contributed by atoms with Gasteiger partial charge in [-0.3, -0.25) is 9.59 Å². The van der Waals surface area contributed by atoms with Gasteiger partial charge in [0.1, 0.15) is 6.04 Å². The van der Waals surface area contributed by atoms with E-state index in [1.54, 1.807) is 0 Å². The summed E-state index contributed by atoms with van der Waals surface area (Å²) in [6.45, 7) is 3.06. The number of nitrogens with one attached hydrogen (secondary N) is 1. The van der Waals surface area contributed by atoms with Gasteiger partial charge in [0, 0.05) is 14.0 Å². The van der Waals surface area contributed by atoms with Gasteiger partial charge in [0.25, 0.3) is 0 Å². The number of carbonyl (C=O) groups is 3. The molecule has 0 spiro atoms. The van der Waals surface area contributed by atoms with Crippen molar-refractivity contribution < 1.29 is 19.5 Å². The average molecular weight is 230 g/mol. The van der Waals surface area contributed by atoms with Gasteiger partial charge >= 0.3 is 5.97 Å². The molecule has 0 fully saturated rings. The lowest BCUT2D eigenvalue weighted by Gasteiger charge is -2.17. The predicted octanol–water partition coefficient (Wildman–Crippen LogP) is -0.166. The average Bonchev–Trinajstić information content (AvgIpc) is 2.16. The standard InChI is InChI=1S/C10H18N2O4/c1-4-5-8(10(15)16)11-9(14)6-12(3)7(2)13/h8H,4-6H2,1-3H3,(H,11,14)(H,15,16). The lowest BCUT2D eigenvalue weighted by Crippen LogP contribution is -2.45. The minimum Gasteiger partial charge on any atom is -0.480 e. The second-order valence-electron chi connectivity index (χ2n) is 3.62.